The number of para-hydroxylation sites is 1. The van der Waals surface area contributed by atoms with Crippen molar-refractivity contribution in [3.8, 4) is 5.75 Å². The van der Waals surface area contributed by atoms with Crippen molar-refractivity contribution in [2.24, 2.45) is 0 Å². The molecule has 2 rings (SSSR count). The minimum atomic E-state index is -0.168. The maximum Gasteiger partial charge on any atom is 0.234 e. The molecule has 0 spiro atoms. The van der Waals surface area contributed by atoms with Crippen molar-refractivity contribution >= 4 is 29.1 Å². The second-order valence-electron chi connectivity index (χ2n) is 4.44. The predicted molar refractivity (Wildman–Crippen MR) is 83.9 cm³/mol. The van der Waals surface area contributed by atoms with Gasteiger partial charge in [0.05, 0.1) is 5.75 Å². The second kappa shape index (κ2) is 6.95. The molecule has 2 aromatic carbocycles. The second-order valence-corrected chi connectivity index (χ2v) is 5.46. The van der Waals surface area contributed by atoms with Crippen LogP contribution >= 0.6 is 11.8 Å². The monoisotopic (exact) mass is 301 g/mol. The fourth-order valence-electron chi connectivity index (χ4n) is 1.71. The Morgan fingerprint density at radius 3 is 2.38 bits per heavy atom. The van der Waals surface area contributed by atoms with Crippen LogP contribution in [0.25, 0.3) is 0 Å². The van der Waals surface area contributed by atoms with Crippen LogP contribution in [-0.4, -0.2) is 22.5 Å². The van der Waals surface area contributed by atoms with E-state index in [-0.39, 0.29) is 23.2 Å². The molecule has 0 saturated heterocycles. The van der Waals surface area contributed by atoms with Crippen LogP contribution in [-0.2, 0) is 4.79 Å². The summed E-state index contributed by atoms with van der Waals surface area (Å²) in [5.41, 5.74) is 1.25. The summed E-state index contributed by atoms with van der Waals surface area (Å²) in [6.07, 6.45) is 0. The lowest BCUT2D eigenvalue weighted by Crippen LogP contribution is -2.14. The molecule has 0 bridgehead atoms. The first-order chi connectivity index (χ1) is 10.1. The molecule has 0 aliphatic rings. The van der Waals surface area contributed by atoms with E-state index in [0.717, 1.165) is 0 Å². The summed E-state index contributed by atoms with van der Waals surface area (Å²) in [5.74, 6) is 0.189. The van der Waals surface area contributed by atoms with Crippen LogP contribution in [0.5, 0.6) is 5.75 Å². The molecule has 21 heavy (non-hydrogen) atoms. The molecule has 108 valence electrons. The number of rotatable bonds is 5. The Balaban J connectivity index is 1.90. The number of carbonyl (C=O) groups excluding carboxylic acids is 2. The summed E-state index contributed by atoms with van der Waals surface area (Å²) in [6, 6.07) is 13.6. The van der Waals surface area contributed by atoms with E-state index < -0.39 is 0 Å². The number of amides is 1. The number of aromatic hydroxyl groups is 1. The molecule has 0 unspecified atom stereocenters. The minimum absolute atomic E-state index is 0.0111. The van der Waals surface area contributed by atoms with Crippen LogP contribution in [0.4, 0.5) is 5.69 Å². The number of phenols is 1. The zero-order valence-corrected chi connectivity index (χ0v) is 12.3. The molecule has 0 aliphatic heterocycles. The molecular weight excluding hydrogens is 286 g/mol. The maximum atomic E-state index is 11.8. The summed E-state index contributed by atoms with van der Waals surface area (Å²) in [7, 11) is 0. The molecule has 4 nitrogen and oxygen atoms in total. The summed E-state index contributed by atoms with van der Waals surface area (Å²) < 4.78 is 0. The molecule has 0 saturated carbocycles. The van der Waals surface area contributed by atoms with Gasteiger partial charge in [0.1, 0.15) is 5.75 Å². The lowest BCUT2D eigenvalue weighted by Gasteiger charge is -2.06. The zero-order valence-electron chi connectivity index (χ0n) is 11.5. The summed E-state index contributed by atoms with van der Waals surface area (Å²) >= 11 is 1.27. The quantitative estimate of drug-likeness (QED) is 0.656. The van der Waals surface area contributed by atoms with E-state index in [1.807, 2.05) is 0 Å². The third-order valence-corrected chi connectivity index (χ3v) is 3.86. The standard InChI is InChI=1S/C16H15NO3S/c1-11(18)12-6-8-13(9-7-12)17-16(20)10-21-15-5-3-2-4-14(15)19/h2-9,19H,10H2,1H3,(H,17,20). The normalized spacial score (nSPS) is 10.1. The molecule has 5 heteroatoms. The fraction of sp³-hybridized carbons (Fsp3) is 0.125. The van der Waals surface area contributed by atoms with Gasteiger partial charge in [0.2, 0.25) is 5.91 Å². The summed E-state index contributed by atoms with van der Waals surface area (Å²) in [5, 5.41) is 12.4. The van der Waals surface area contributed by atoms with Gasteiger partial charge in [0, 0.05) is 16.1 Å². The van der Waals surface area contributed by atoms with Crippen molar-refractivity contribution in [3.05, 3.63) is 54.1 Å². The van der Waals surface area contributed by atoms with Gasteiger partial charge >= 0.3 is 0 Å². The van der Waals surface area contributed by atoms with Gasteiger partial charge in [-0.3, -0.25) is 9.59 Å². The maximum absolute atomic E-state index is 11.8. The molecule has 0 fully saturated rings. The SMILES string of the molecule is CC(=O)c1ccc(NC(=O)CSc2ccccc2O)cc1. The van der Waals surface area contributed by atoms with Gasteiger partial charge in [-0.05, 0) is 43.3 Å². The first-order valence-electron chi connectivity index (χ1n) is 6.38. The highest BCUT2D eigenvalue weighted by atomic mass is 32.2. The summed E-state index contributed by atoms with van der Waals surface area (Å²) in [4.78, 5) is 23.7. The highest BCUT2D eigenvalue weighted by molar-refractivity contribution is 8.00. The van der Waals surface area contributed by atoms with Gasteiger partial charge in [-0.1, -0.05) is 12.1 Å². The molecule has 0 aliphatic carbocycles. The van der Waals surface area contributed by atoms with Crippen molar-refractivity contribution in [1.29, 1.82) is 0 Å². The highest BCUT2D eigenvalue weighted by Gasteiger charge is 2.07. The Kier molecular flexibility index (Phi) is 5.00. The van der Waals surface area contributed by atoms with Gasteiger partial charge in [-0.2, -0.15) is 0 Å². The number of hydrogen-bond donors (Lipinski definition) is 2. The minimum Gasteiger partial charge on any atom is -0.507 e. The largest absolute Gasteiger partial charge is 0.507 e. The Morgan fingerprint density at radius 2 is 1.76 bits per heavy atom. The number of carbonyl (C=O) groups is 2. The molecule has 0 atom stereocenters. The van der Waals surface area contributed by atoms with E-state index in [4.69, 9.17) is 0 Å². The van der Waals surface area contributed by atoms with Gasteiger partial charge in [-0.15, -0.1) is 11.8 Å². The number of ketones is 1. The lowest BCUT2D eigenvalue weighted by molar-refractivity contribution is -0.113. The van der Waals surface area contributed by atoms with Crippen LogP contribution in [0.3, 0.4) is 0 Å². The van der Waals surface area contributed by atoms with Crippen LogP contribution in [0.15, 0.2) is 53.4 Å². The van der Waals surface area contributed by atoms with E-state index >= 15 is 0 Å². The number of nitrogens with one attached hydrogen (secondary N) is 1. The third kappa shape index (κ3) is 4.36. The van der Waals surface area contributed by atoms with Gasteiger partial charge in [0.25, 0.3) is 0 Å². The Morgan fingerprint density at radius 1 is 1.10 bits per heavy atom. The van der Waals surface area contributed by atoms with Crippen molar-refractivity contribution in [1.82, 2.24) is 0 Å². The van der Waals surface area contributed by atoms with E-state index in [1.54, 1.807) is 48.5 Å². The number of anilines is 1. The predicted octanol–water partition coefficient (Wildman–Crippen LogP) is 3.33. The fourth-order valence-corrected chi connectivity index (χ4v) is 2.46. The van der Waals surface area contributed by atoms with E-state index in [1.165, 1.54) is 18.7 Å². The number of hydrogen-bond acceptors (Lipinski definition) is 4. The van der Waals surface area contributed by atoms with Gasteiger partial charge in [0.15, 0.2) is 5.78 Å². The van der Waals surface area contributed by atoms with E-state index in [2.05, 4.69) is 5.32 Å². The first-order valence-corrected chi connectivity index (χ1v) is 7.36. The van der Waals surface area contributed by atoms with Crippen LogP contribution in [0, 0.1) is 0 Å². The Bertz CT molecular complexity index is 653. The Labute approximate surface area is 127 Å². The molecule has 1 amide bonds. The van der Waals surface area contributed by atoms with E-state index in [9.17, 15) is 14.7 Å². The number of Topliss-reactive ketones (excluding diaryl/α,β-unsaturated/α-hetero) is 1. The lowest BCUT2D eigenvalue weighted by atomic mass is 10.1. The highest BCUT2D eigenvalue weighted by Crippen LogP contribution is 2.27. The number of benzene rings is 2. The third-order valence-electron chi connectivity index (χ3n) is 2.80. The van der Waals surface area contributed by atoms with Crippen LogP contribution in [0.1, 0.15) is 17.3 Å². The van der Waals surface area contributed by atoms with Crippen LogP contribution in [0.2, 0.25) is 0 Å². The number of phenolic OH excluding ortho intramolecular Hbond substituents is 1. The molecule has 0 aromatic heterocycles. The van der Waals surface area contributed by atoms with Crippen molar-refractivity contribution in [3.63, 3.8) is 0 Å². The summed E-state index contributed by atoms with van der Waals surface area (Å²) in [6.45, 7) is 1.50. The molecule has 0 radical (unpaired) electrons. The molecule has 2 aromatic rings. The van der Waals surface area contributed by atoms with Crippen molar-refractivity contribution in [2.75, 3.05) is 11.1 Å². The van der Waals surface area contributed by atoms with E-state index in [0.29, 0.717) is 16.1 Å². The van der Waals surface area contributed by atoms with Crippen molar-refractivity contribution < 1.29 is 14.7 Å². The van der Waals surface area contributed by atoms with Gasteiger partial charge < -0.3 is 10.4 Å². The van der Waals surface area contributed by atoms with Gasteiger partial charge in [-0.25, -0.2) is 0 Å². The Hall–Kier alpha value is -2.27. The molecule has 2 N–H and O–H groups in total. The first kappa shape index (κ1) is 15.1. The topological polar surface area (TPSA) is 66.4 Å². The van der Waals surface area contributed by atoms with Crippen LogP contribution < -0.4 is 5.32 Å². The average molecular weight is 301 g/mol. The number of thioether (sulfide) groups is 1. The average Bonchev–Trinajstić information content (AvgIpc) is 2.47. The molecular formula is C16H15NO3S. The smallest absolute Gasteiger partial charge is 0.234 e. The zero-order chi connectivity index (χ0) is 15.2. The van der Waals surface area contributed by atoms with Crippen molar-refractivity contribution in [2.45, 2.75) is 11.8 Å². The molecule has 0 heterocycles.